The molecule has 0 atom stereocenters. The van der Waals surface area contributed by atoms with E-state index < -0.39 is 0 Å². The van der Waals surface area contributed by atoms with E-state index >= 15 is 0 Å². The van der Waals surface area contributed by atoms with Crippen LogP contribution in [0, 0.1) is 5.82 Å². The molecule has 1 aromatic heterocycles. The van der Waals surface area contributed by atoms with Crippen molar-refractivity contribution < 1.29 is 9.50 Å². The standard InChI is InChI=1S/C13H14FN3O/c1-2-15-12-7-9(14)8-16-13(12)17-10-3-5-11(18)6-4-10/h3-8,15,18H,2H2,1H3,(H,16,17). The molecule has 5 heteroatoms. The average molecular weight is 247 g/mol. The van der Waals surface area contributed by atoms with Gasteiger partial charge < -0.3 is 15.7 Å². The van der Waals surface area contributed by atoms with Gasteiger partial charge in [-0.25, -0.2) is 9.37 Å². The van der Waals surface area contributed by atoms with Crippen LogP contribution in [0.25, 0.3) is 0 Å². The summed E-state index contributed by atoms with van der Waals surface area (Å²) in [6.45, 7) is 2.60. The van der Waals surface area contributed by atoms with Crippen LogP contribution in [-0.4, -0.2) is 16.6 Å². The van der Waals surface area contributed by atoms with Crippen molar-refractivity contribution in [3.8, 4) is 5.75 Å². The van der Waals surface area contributed by atoms with E-state index in [1.165, 1.54) is 6.07 Å². The summed E-state index contributed by atoms with van der Waals surface area (Å²) in [5, 5.41) is 15.3. The third kappa shape index (κ3) is 2.88. The second-order valence-corrected chi connectivity index (χ2v) is 3.75. The Labute approximate surface area is 104 Å². The Hall–Kier alpha value is -2.30. The molecule has 1 aromatic carbocycles. The second-order valence-electron chi connectivity index (χ2n) is 3.75. The first kappa shape index (κ1) is 12.2. The van der Waals surface area contributed by atoms with Crippen molar-refractivity contribution in [2.24, 2.45) is 0 Å². The summed E-state index contributed by atoms with van der Waals surface area (Å²) in [7, 11) is 0. The maximum absolute atomic E-state index is 13.1. The average Bonchev–Trinajstić information content (AvgIpc) is 2.36. The van der Waals surface area contributed by atoms with Crippen LogP contribution < -0.4 is 10.6 Å². The molecular weight excluding hydrogens is 233 g/mol. The topological polar surface area (TPSA) is 57.2 Å². The summed E-state index contributed by atoms with van der Waals surface area (Å²) >= 11 is 0. The van der Waals surface area contributed by atoms with E-state index in [2.05, 4.69) is 15.6 Å². The van der Waals surface area contributed by atoms with Gasteiger partial charge in [0.2, 0.25) is 0 Å². The molecule has 0 amide bonds. The lowest BCUT2D eigenvalue weighted by molar-refractivity contribution is 0.475. The van der Waals surface area contributed by atoms with Crippen molar-refractivity contribution in [1.82, 2.24) is 4.98 Å². The zero-order valence-electron chi connectivity index (χ0n) is 9.94. The fourth-order valence-electron chi connectivity index (χ4n) is 1.55. The van der Waals surface area contributed by atoms with E-state index in [1.807, 2.05) is 6.92 Å². The van der Waals surface area contributed by atoms with Crippen molar-refractivity contribution in [2.45, 2.75) is 6.92 Å². The smallest absolute Gasteiger partial charge is 0.154 e. The molecule has 0 saturated carbocycles. The lowest BCUT2D eigenvalue weighted by atomic mass is 10.3. The van der Waals surface area contributed by atoms with Crippen LogP contribution in [-0.2, 0) is 0 Å². The van der Waals surface area contributed by atoms with Crippen LogP contribution in [0.5, 0.6) is 5.75 Å². The van der Waals surface area contributed by atoms with Crippen LogP contribution in [0.2, 0.25) is 0 Å². The molecule has 18 heavy (non-hydrogen) atoms. The van der Waals surface area contributed by atoms with Crippen LogP contribution in [0.1, 0.15) is 6.92 Å². The molecule has 0 aliphatic carbocycles. The van der Waals surface area contributed by atoms with E-state index in [0.717, 1.165) is 11.9 Å². The lowest BCUT2D eigenvalue weighted by Crippen LogP contribution is -2.03. The number of rotatable bonds is 4. The number of nitrogens with one attached hydrogen (secondary N) is 2. The van der Waals surface area contributed by atoms with E-state index in [-0.39, 0.29) is 11.6 Å². The molecule has 0 spiro atoms. The van der Waals surface area contributed by atoms with Crippen LogP contribution >= 0.6 is 0 Å². The van der Waals surface area contributed by atoms with E-state index in [1.54, 1.807) is 24.3 Å². The number of hydrogen-bond donors (Lipinski definition) is 3. The minimum absolute atomic E-state index is 0.194. The van der Waals surface area contributed by atoms with E-state index in [0.29, 0.717) is 18.1 Å². The maximum Gasteiger partial charge on any atom is 0.154 e. The lowest BCUT2D eigenvalue weighted by Gasteiger charge is -2.11. The molecule has 0 saturated heterocycles. The van der Waals surface area contributed by atoms with Gasteiger partial charge in [-0.2, -0.15) is 0 Å². The van der Waals surface area contributed by atoms with Gasteiger partial charge in [-0.05, 0) is 31.2 Å². The monoisotopic (exact) mass is 247 g/mol. The molecule has 0 unspecified atom stereocenters. The quantitative estimate of drug-likeness (QED) is 0.727. The minimum Gasteiger partial charge on any atom is -0.508 e. The highest BCUT2D eigenvalue weighted by Crippen LogP contribution is 2.24. The molecule has 2 rings (SSSR count). The number of anilines is 3. The Morgan fingerprint density at radius 3 is 2.67 bits per heavy atom. The molecule has 0 bridgehead atoms. The Morgan fingerprint density at radius 2 is 2.00 bits per heavy atom. The summed E-state index contributed by atoms with van der Waals surface area (Å²) in [4.78, 5) is 4.00. The number of nitrogens with zero attached hydrogens (tertiary/aromatic N) is 1. The van der Waals surface area contributed by atoms with Crippen LogP contribution in [0.15, 0.2) is 36.5 Å². The highest BCUT2D eigenvalue weighted by Gasteiger charge is 2.05. The van der Waals surface area contributed by atoms with Gasteiger partial charge in [0.1, 0.15) is 11.6 Å². The molecule has 0 aliphatic heterocycles. The summed E-state index contributed by atoms with van der Waals surface area (Å²) in [5.41, 5.74) is 1.37. The van der Waals surface area contributed by atoms with Crippen molar-refractivity contribution >= 4 is 17.2 Å². The van der Waals surface area contributed by atoms with Crippen molar-refractivity contribution in [1.29, 1.82) is 0 Å². The molecular formula is C13H14FN3O. The second kappa shape index (κ2) is 5.35. The molecule has 0 radical (unpaired) electrons. The minimum atomic E-state index is -0.387. The van der Waals surface area contributed by atoms with Gasteiger partial charge in [-0.15, -0.1) is 0 Å². The zero-order chi connectivity index (χ0) is 13.0. The summed E-state index contributed by atoms with van der Waals surface area (Å²) in [6, 6.07) is 7.96. The van der Waals surface area contributed by atoms with Gasteiger partial charge >= 0.3 is 0 Å². The first-order chi connectivity index (χ1) is 8.69. The molecule has 2 aromatic rings. The first-order valence-corrected chi connectivity index (χ1v) is 5.64. The SMILES string of the molecule is CCNc1cc(F)cnc1Nc1ccc(O)cc1. The fraction of sp³-hybridized carbons (Fsp3) is 0.154. The van der Waals surface area contributed by atoms with Crippen molar-refractivity contribution in [2.75, 3.05) is 17.2 Å². The number of halogens is 1. The highest BCUT2D eigenvalue weighted by molar-refractivity contribution is 5.70. The Morgan fingerprint density at radius 1 is 1.28 bits per heavy atom. The Bertz CT molecular complexity index is 528. The Kier molecular flexibility index (Phi) is 3.62. The van der Waals surface area contributed by atoms with Gasteiger partial charge in [0.25, 0.3) is 0 Å². The number of pyridine rings is 1. The third-order valence-electron chi connectivity index (χ3n) is 2.35. The van der Waals surface area contributed by atoms with E-state index in [4.69, 9.17) is 0 Å². The highest BCUT2D eigenvalue weighted by atomic mass is 19.1. The predicted molar refractivity (Wildman–Crippen MR) is 69.7 cm³/mol. The summed E-state index contributed by atoms with van der Waals surface area (Å²) in [6.07, 6.45) is 1.16. The van der Waals surface area contributed by atoms with E-state index in [9.17, 15) is 9.50 Å². The fourth-order valence-corrected chi connectivity index (χ4v) is 1.55. The van der Waals surface area contributed by atoms with Crippen LogP contribution in [0.3, 0.4) is 0 Å². The number of phenolic OH excluding ortho intramolecular Hbond substituents is 1. The van der Waals surface area contributed by atoms with Gasteiger partial charge in [-0.3, -0.25) is 0 Å². The number of phenols is 1. The normalized spacial score (nSPS) is 10.1. The summed E-state index contributed by atoms with van der Waals surface area (Å²) < 4.78 is 13.1. The molecule has 1 heterocycles. The zero-order valence-corrected chi connectivity index (χ0v) is 9.94. The van der Waals surface area contributed by atoms with Crippen molar-refractivity contribution in [3.05, 3.63) is 42.3 Å². The predicted octanol–water partition coefficient (Wildman–Crippen LogP) is 3.10. The van der Waals surface area contributed by atoms with Crippen LogP contribution in [0.4, 0.5) is 21.6 Å². The molecule has 94 valence electrons. The van der Waals surface area contributed by atoms with Gasteiger partial charge in [0.15, 0.2) is 5.82 Å². The molecule has 4 nitrogen and oxygen atoms in total. The third-order valence-corrected chi connectivity index (χ3v) is 2.35. The first-order valence-electron chi connectivity index (χ1n) is 5.64. The molecule has 0 fully saturated rings. The molecule has 3 N–H and O–H groups in total. The van der Waals surface area contributed by atoms with Gasteiger partial charge in [-0.1, -0.05) is 0 Å². The molecule has 0 aliphatic rings. The summed E-state index contributed by atoms with van der Waals surface area (Å²) in [5.74, 6) is 0.352. The number of aromatic nitrogens is 1. The maximum atomic E-state index is 13.1. The van der Waals surface area contributed by atoms with Gasteiger partial charge in [0, 0.05) is 18.3 Å². The number of aromatic hydroxyl groups is 1. The largest absolute Gasteiger partial charge is 0.508 e. The van der Waals surface area contributed by atoms with Gasteiger partial charge in [0.05, 0.1) is 11.9 Å². The van der Waals surface area contributed by atoms with Crippen molar-refractivity contribution in [3.63, 3.8) is 0 Å². The Balaban J connectivity index is 2.25. The number of hydrogen-bond acceptors (Lipinski definition) is 4. The number of benzene rings is 1.